The molecule has 0 aromatic carbocycles. The highest BCUT2D eigenvalue weighted by Crippen LogP contribution is 2.18. The maximum absolute atomic E-state index is 11.5. The first-order chi connectivity index (χ1) is 9.15. The lowest BCUT2D eigenvalue weighted by Crippen LogP contribution is -2.29. The Morgan fingerprint density at radius 1 is 1.58 bits per heavy atom. The third-order valence-corrected chi connectivity index (χ3v) is 3.47. The lowest BCUT2D eigenvalue weighted by Gasteiger charge is -2.06. The molecule has 2 aromatic heterocycles. The zero-order valence-electron chi connectivity index (χ0n) is 9.80. The van der Waals surface area contributed by atoms with E-state index in [1.807, 2.05) is 17.5 Å². The SMILES string of the molecule is Nc1ncc(Br)nc1OC(=O)NCCc1cccs1. The minimum atomic E-state index is -0.601. The molecule has 0 unspecified atom stereocenters. The van der Waals surface area contributed by atoms with E-state index in [2.05, 4.69) is 31.2 Å². The molecule has 2 rings (SSSR count). The van der Waals surface area contributed by atoms with Gasteiger partial charge in [0, 0.05) is 11.4 Å². The quantitative estimate of drug-likeness (QED) is 0.888. The summed E-state index contributed by atoms with van der Waals surface area (Å²) in [4.78, 5) is 20.5. The van der Waals surface area contributed by atoms with Crippen LogP contribution in [0.25, 0.3) is 0 Å². The molecule has 0 atom stereocenters. The molecule has 1 amide bonds. The molecule has 0 saturated heterocycles. The van der Waals surface area contributed by atoms with E-state index in [9.17, 15) is 4.79 Å². The van der Waals surface area contributed by atoms with Gasteiger partial charge < -0.3 is 15.8 Å². The second-order valence-electron chi connectivity index (χ2n) is 3.53. The number of halogens is 1. The van der Waals surface area contributed by atoms with Crippen LogP contribution in [-0.2, 0) is 6.42 Å². The molecule has 100 valence electrons. The van der Waals surface area contributed by atoms with Crippen molar-refractivity contribution in [2.45, 2.75) is 6.42 Å². The Balaban J connectivity index is 1.82. The third kappa shape index (κ3) is 4.18. The fourth-order valence-electron chi connectivity index (χ4n) is 1.30. The first kappa shape index (κ1) is 13.8. The van der Waals surface area contributed by atoms with Gasteiger partial charge in [-0.2, -0.15) is 0 Å². The first-order valence-electron chi connectivity index (χ1n) is 5.41. The number of carbonyl (C=O) groups excluding carboxylic acids is 1. The number of nitrogens with two attached hydrogens (primary N) is 1. The second kappa shape index (κ2) is 6.48. The average Bonchev–Trinajstić information content (AvgIpc) is 2.87. The Hall–Kier alpha value is -1.67. The lowest BCUT2D eigenvalue weighted by molar-refractivity contribution is 0.199. The summed E-state index contributed by atoms with van der Waals surface area (Å²) in [7, 11) is 0. The highest BCUT2D eigenvalue weighted by molar-refractivity contribution is 9.10. The summed E-state index contributed by atoms with van der Waals surface area (Å²) < 4.78 is 5.42. The number of hydrogen-bond acceptors (Lipinski definition) is 6. The molecule has 0 bridgehead atoms. The van der Waals surface area contributed by atoms with Crippen LogP contribution in [0.1, 0.15) is 4.88 Å². The first-order valence-corrected chi connectivity index (χ1v) is 7.08. The maximum atomic E-state index is 11.5. The number of anilines is 1. The molecule has 2 aromatic rings. The van der Waals surface area contributed by atoms with Crippen LogP contribution in [0.4, 0.5) is 10.6 Å². The molecule has 3 N–H and O–H groups in total. The molecule has 6 nitrogen and oxygen atoms in total. The smallest absolute Gasteiger partial charge is 0.387 e. The molecule has 2 heterocycles. The number of nitrogens with zero attached hydrogens (tertiary/aromatic N) is 2. The van der Waals surface area contributed by atoms with Gasteiger partial charge in [0.25, 0.3) is 5.88 Å². The second-order valence-corrected chi connectivity index (χ2v) is 5.37. The van der Waals surface area contributed by atoms with Gasteiger partial charge in [-0.3, -0.25) is 0 Å². The largest absolute Gasteiger partial charge is 0.414 e. The highest BCUT2D eigenvalue weighted by Gasteiger charge is 2.10. The summed E-state index contributed by atoms with van der Waals surface area (Å²) in [5.41, 5.74) is 5.55. The normalized spacial score (nSPS) is 10.2. The van der Waals surface area contributed by atoms with Crippen molar-refractivity contribution in [3.63, 3.8) is 0 Å². The molecule has 8 heteroatoms. The van der Waals surface area contributed by atoms with Gasteiger partial charge >= 0.3 is 6.09 Å². The number of nitrogens with one attached hydrogen (secondary N) is 1. The van der Waals surface area contributed by atoms with Crippen molar-refractivity contribution in [1.29, 1.82) is 0 Å². The summed E-state index contributed by atoms with van der Waals surface area (Å²) in [6, 6.07) is 3.98. The number of ether oxygens (including phenoxy) is 1. The fraction of sp³-hybridized carbons (Fsp3) is 0.182. The third-order valence-electron chi connectivity index (χ3n) is 2.15. The predicted octanol–water partition coefficient (Wildman–Crippen LogP) is 2.21. The molecule has 0 spiro atoms. The van der Waals surface area contributed by atoms with Gasteiger partial charge in [0.2, 0.25) is 0 Å². The summed E-state index contributed by atoms with van der Waals surface area (Å²) in [5, 5.41) is 4.61. The van der Waals surface area contributed by atoms with Crippen molar-refractivity contribution < 1.29 is 9.53 Å². The van der Waals surface area contributed by atoms with Gasteiger partial charge in [0.05, 0.1) is 6.20 Å². The van der Waals surface area contributed by atoms with E-state index >= 15 is 0 Å². The van der Waals surface area contributed by atoms with Crippen LogP contribution in [0.2, 0.25) is 0 Å². The maximum Gasteiger partial charge on any atom is 0.414 e. The van der Waals surface area contributed by atoms with Gasteiger partial charge in [0.1, 0.15) is 4.60 Å². The van der Waals surface area contributed by atoms with Crippen molar-refractivity contribution in [2.24, 2.45) is 0 Å². The summed E-state index contributed by atoms with van der Waals surface area (Å²) in [6.07, 6.45) is 1.58. The topological polar surface area (TPSA) is 90.1 Å². The van der Waals surface area contributed by atoms with E-state index in [1.54, 1.807) is 11.3 Å². The van der Waals surface area contributed by atoms with Crippen LogP contribution < -0.4 is 15.8 Å². The molecule has 0 radical (unpaired) electrons. The molecule has 0 aliphatic rings. The minimum absolute atomic E-state index is 0.0111. The monoisotopic (exact) mass is 342 g/mol. The Morgan fingerprint density at radius 3 is 3.16 bits per heavy atom. The van der Waals surface area contributed by atoms with Crippen LogP contribution in [-0.4, -0.2) is 22.6 Å². The van der Waals surface area contributed by atoms with Crippen molar-refractivity contribution in [3.05, 3.63) is 33.2 Å². The van der Waals surface area contributed by atoms with Crippen LogP contribution >= 0.6 is 27.3 Å². The van der Waals surface area contributed by atoms with Gasteiger partial charge in [-0.15, -0.1) is 11.3 Å². The zero-order chi connectivity index (χ0) is 13.7. The van der Waals surface area contributed by atoms with Gasteiger partial charge in [-0.1, -0.05) is 6.07 Å². The Kier molecular flexibility index (Phi) is 4.69. The standard InChI is InChI=1S/C11H11BrN4O2S/c12-8-6-15-9(13)10(16-8)18-11(17)14-4-3-7-2-1-5-19-7/h1-2,5-6H,3-4H2,(H2,13,15)(H,14,17). The van der Waals surface area contributed by atoms with Crippen LogP contribution in [0.15, 0.2) is 28.3 Å². The molecule has 0 fully saturated rings. The zero-order valence-corrected chi connectivity index (χ0v) is 12.2. The Morgan fingerprint density at radius 2 is 2.42 bits per heavy atom. The molecule has 19 heavy (non-hydrogen) atoms. The number of thiophene rings is 1. The fourth-order valence-corrected chi connectivity index (χ4v) is 2.28. The van der Waals surface area contributed by atoms with Crippen molar-refractivity contribution in [2.75, 3.05) is 12.3 Å². The number of nitrogen functional groups attached to an aromatic ring is 1. The van der Waals surface area contributed by atoms with Gasteiger partial charge in [-0.05, 0) is 33.8 Å². The molecule has 0 saturated carbocycles. The summed E-state index contributed by atoms with van der Waals surface area (Å²) in [6.45, 7) is 0.487. The summed E-state index contributed by atoms with van der Waals surface area (Å²) >= 11 is 4.77. The number of amides is 1. The van der Waals surface area contributed by atoms with Crippen LogP contribution in [0.3, 0.4) is 0 Å². The number of rotatable bonds is 4. The van der Waals surface area contributed by atoms with Gasteiger partial charge in [0.15, 0.2) is 5.82 Å². The highest BCUT2D eigenvalue weighted by atomic mass is 79.9. The van der Waals surface area contributed by atoms with E-state index in [0.717, 1.165) is 6.42 Å². The number of aromatic nitrogens is 2. The minimum Gasteiger partial charge on any atom is -0.387 e. The van der Waals surface area contributed by atoms with Crippen LogP contribution in [0, 0.1) is 0 Å². The number of hydrogen-bond donors (Lipinski definition) is 2. The Labute approximate surface area is 122 Å². The van der Waals surface area contributed by atoms with Crippen molar-refractivity contribution in [1.82, 2.24) is 15.3 Å². The van der Waals surface area contributed by atoms with Crippen LogP contribution in [0.5, 0.6) is 5.88 Å². The van der Waals surface area contributed by atoms with E-state index < -0.39 is 6.09 Å². The van der Waals surface area contributed by atoms with Gasteiger partial charge in [-0.25, -0.2) is 14.8 Å². The van der Waals surface area contributed by atoms with E-state index in [1.165, 1.54) is 11.1 Å². The lowest BCUT2D eigenvalue weighted by atomic mass is 10.3. The predicted molar refractivity (Wildman–Crippen MR) is 76.2 cm³/mol. The van der Waals surface area contributed by atoms with E-state index in [-0.39, 0.29) is 11.7 Å². The Bertz CT molecular complexity index is 562. The summed E-state index contributed by atoms with van der Waals surface area (Å²) in [5.74, 6) is 0.0552. The number of carbonyl (C=O) groups is 1. The van der Waals surface area contributed by atoms with Crippen molar-refractivity contribution >= 4 is 39.2 Å². The molecule has 0 aliphatic carbocycles. The van der Waals surface area contributed by atoms with E-state index in [0.29, 0.717) is 11.1 Å². The van der Waals surface area contributed by atoms with E-state index in [4.69, 9.17) is 10.5 Å². The molecular weight excluding hydrogens is 332 g/mol. The molecular formula is C11H11BrN4O2S. The van der Waals surface area contributed by atoms with Crippen molar-refractivity contribution in [3.8, 4) is 5.88 Å². The average molecular weight is 343 g/mol. The molecule has 0 aliphatic heterocycles.